The predicted molar refractivity (Wildman–Crippen MR) is 58.2 cm³/mol. The number of amides is 1. The first-order chi connectivity index (χ1) is 6.59. The third kappa shape index (κ3) is 3.14. The summed E-state index contributed by atoms with van der Waals surface area (Å²) in [6, 6.07) is 5.14. The van der Waals surface area contributed by atoms with Crippen molar-refractivity contribution in [1.29, 1.82) is 0 Å². The van der Waals surface area contributed by atoms with Crippen LogP contribution in [0.2, 0.25) is 5.02 Å². The maximum Gasteiger partial charge on any atom is 0.219 e. The smallest absolute Gasteiger partial charge is 0.219 e. The Kier molecular flexibility index (Phi) is 3.59. The van der Waals surface area contributed by atoms with Crippen molar-refractivity contribution in [2.75, 3.05) is 17.6 Å². The lowest BCUT2D eigenvalue weighted by Gasteiger charge is -2.07. The normalized spacial score (nSPS) is 9.79. The van der Waals surface area contributed by atoms with Gasteiger partial charge in [0.25, 0.3) is 0 Å². The molecule has 0 aliphatic carbocycles. The van der Waals surface area contributed by atoms with Gasteiger partial charge in [-0.05, 0) is 18.2 Å². The Labute approximate surface area is 87.2 Å². The summed E-state index contributed by atoms with van der Waals surface area (Å²) in [7, 11) is 0. The molecule has 0 fully saturated rings. The van der Waals surface area contributed by atoms with E-state index in [1.165, 1.54) is 0 Å². The van der Waals surface area contributed by atoms with E-state index < -0.39 is 0 Å². The van der Waals surface area contributed by atoms with E-state index in [9.17, 15) is 4.79 Å². The quantitative estimate of drug-likeness (QED) is 0.658. The number of benzene rings is 1. The van der Waals surface area contributed by atoms with Crippen LogP contribution in [0.5, 0.6) is 0 Å². The van der Waals surface area contributed by atoms with Gasteiger partial charge in [-0.25, -0.2) is 0 Å². The number of hydrogen-bond acceptors (Lipinski definition) is 3. The highest BCUT2D eigenvalue weighted by Gasteiger charge is 2.00. The summed E-state index contributed by atoms with van der Waals surface area (Å²) < 4.78 is 0. The molecule has 0 aromatic heterocycles. The molecule has 0 atom stereocenters. The van der Waals surface area contributed by atoms with Crippen LogP contribution in [0.3, 0.4) is 0 Å². The van der Waals surface area contributed by atoms with Crippen molar-refractivity contribution < 1.29 is 4.79 Å². The number of nitrogens with one attached hydrogen (secondary N) is 1. The first-order valence-corrected chi connectivity index (χ1v) is 4.54. The summed E-state index contributed by atoms with van der Waals surface area (Å²) in [5, 5.41) is 3.52. The highest BCUT2D eigenvalue weighted by molar-refractivity contribution is 6.33. The average molecular weight is 214 g/mol. The van der Waals surface area contributed by atoms with E-state index in [0.29, 0.717) is 17.3 Å². The summed E-state index contributed by atoms with van der Waals surface area (Å²) in [5.74, 6) is -0.343. The minimum atomic E-state index is -0.343. The van der Waals surface area contributed by atoms with Crippen molar-refractivity contribution >= 4 is 28.9 Å². The Morgan fingerprint density at radius 1 is 1.50 bits per heavy atom. The molecule has 1 aromatic carbocycles. The highest BCUT2D eigenvalue weighted by Crippen LogP contribution is 2.23. The van der Waals surface area contributed by atoms with Gasteiger partial charge < -0.3 is 16.8 Å². The molecule has 5 heteroatoms. The van der Waals surface area contributed by atoms with Crippen molar-refractivity contribution in [3.63, 3.8) is 0 Å². The Hall–Kier alpha value is -1.42. The molecule has 14 heavy (non-hydrogen) atoms. The van der Waals surface area contributed by atoms with Crippen LogP contribution in [0.25, 0.3) is 0 Å². The Morgan fingerprint density at radius 3 is 2.79 bits per heavy atom. The maximum absolute atomic E-state index is 10.5. The molecule has 5 N–H and O–H groups in total. The first kappa shape index (κ1) is 10.7. The number of primary amides is 1. The number of carbonyl (C=O) groups is 1. The number of anilines is 2. The zero-order valence-electron chi connectivity index (χ0n) is 7.59. The van der Waals surface area contributed by atoms with Gasteiger partial charge in [-0.3, -0.25) is 4.79 Å². The molecule has 0 spiro atoms. The number of rotatable bonds is 4. The second-order valence-corrected chi connectivity index (χ2v) is 3.29. The van der Waals surface area contributed by atoms with Crippen molar-refractivity contribution in [2.45, 2.75) is 6.42 Å². The van der Waals surface area contributed by atoms with E-state index >= 15 is 0 Å². The molecule has 1 amide bonds. The molecule has 1 rings (SSSR count). The van der Waals surface area contributed by atoms with Crippen LogP contribution in [0.4, 0.5) is 11.4 Å². The fourth-order valence-corrected chi connectivity index (χ4v) is 1.25. The molecule has 0 saturated heterocycles. The molecule has 0 radical (unpaired) electrons. The van der Waals surface area contributed by atoms with Crippen molar-refractivity contribution in [3.8, 4) is 0 Å². The second kappa shape index (κ2) is 4.72. The van der Waals surface area contributed by atoms with Gasteiger partial charge in [0.15, 0.2) is 0 Å². The summed E-state index contributed by atoms with van der Waals surface area (Å²) >= 11 is 5.89. The van der Waals surface area contributed by atoms with Crippen molar-refractivity contribution in [1.82, 2.24) is 0 Å². The minimum absolute atomic E-state index is 0.278. The van der Waals surface area contributed by atoms with E-state index in [1.807, 2.05) is 0 Å². The lowest BCUT2D eigenvalue weighted by Crippen LogP contribution is -2.15. The predicted octanol–water partition coefficient (Wildman–Crippen LogP) is 1.21. The Bertz CT molecular complexity index is 341. The standard InChI is InChI=1S/C9H12ClN3O/c10-7-5-6(11)1-2-8(7)13-4-3-9(12)14/h1-2,5,13H,3-4,11H2,(H2,12,14). The third-order valence-corrected chi connectivity index (χ3v) is 1.99. The molecule has 0 aliphatic rings. The van der Waals surface area contributed by atoms with E-state index in [0.717, 1.165) is 5.69 Å². The number of halogens is 1. The minimum Gasteiger partial charge on any atom is -0.399 e. The van der Waals surface area contributed by atoms with Crippen LogP contribution in [0.15, 0.2) is 18.2 Å². The van der Waals surface area contributed by atoms with Crippen LogP contribution < -0.4 is 16.8 Å². The zero-order valence-corrected chi connectivity index (χ0v) is 8.34. The SMILES string of the molecule is NC(=O)CCNc1ccc(N)cc1Cl. The second-order valence-electron chi connectivity index (χ2n) is 2.88. The lowest BCUT2D eigenvalue weighted by atomic mass is 10.3. The van der Waals surface area contributed by atoms with Gasteiger partial charge in [0.1, 0.15) is 0 Å². The van der Waals surface area contributed by atoms with E-state index in [1.54, 1.807) is 18.2 Å². The molecule has 76 valence electrons. The molecular weight excluding hydrogens is 202 g/mol. The fraction of sp³-hybridized carbons (Fsp3) is 0.222. The molecule has 0 bridgehead atoms. The lowest BCUT2D eigenvalue weighted by molar-refractivity contribution is -0.117. The van der Waals surface area contributed by atoms with Crippen LogP contribution in [0.1, 0.15) is 6.42 Å². The van der Waals surface area contributed by atoms with Gasteiger partial charge in [0.2, 0.25) is 5.91 Å². The molecule has 0 saturated carbocycles. The maximum atomic E-state index is 10.5. The molecule has 4 nitrogen and oxygen atoms in total. The summed E-state index contributed by atoms with van der Waals surface area (Å²) in [6.45, 7) is 0.471. The summed E-state index contributed by atoms with van der Waals surface area (Å²) in [6.07, 6.45) is 0.278. The van der Waals surface area contributed by atoms with Gasteiger partial charge in [-0.15, -0.1) is 0 Å². The average Bonchev–Trinajstić information content (AvgIpc) is 2.08. The van der Waals surface area contributed by atoms with Crippen LogP contribution in [-0.2, 0) is 4.79 Å². The molecule has 1 aromatic rings. The van der Waals surface area contributed by atoms with Crippen LogP contribution >= 0.6 is 11.6 Å². The van der Waals surface area contributed by atoms with E-state index in [-0.39, 0.29) is 12.3 Å². The number of carbonyl (C=O) groups excluding carboxylic acids is 1. The van der Waals surface area contributed by atoms with E-state index in [4.69, 9.17) is 23.1 Å². The molecule has 0 heterocycles. The van der Waals surface area contributed by atoms with Crippen molar-refractivity contribution in [3.05, 3.63) is 23.2 Å². The molecule has 0 unspecified atom stereocenters. The van der Waals surface area contributed by atoms with Gasteiger partial charge in [-0.1, -0.05) is 11.6 Å². The Balaban J connectivity index is 2.55. The number of hydrogen-bond donors (Lipinski definition) is 3. The molecule has 0 aliphatic heterocycles. The Morgan fingerprint density at radius 2 is 2.21 bits per heavy atom. The number of nitrogen functional groups attached to an aromatic ring is 1. The largest absolute Gasteiger partial charge is 0.399 e. The van der Waals surface area contributed by atoms with Gasteiger partial charge >= 0.3 is 0 Å². The van der Waals surface area contributed by atoms with Gasteiger partial charge in [0, 0.05) is 18.7 Å². The summed E-state index contributed by atoms with van der Waals surface area (Å²) in [5.41, 5.74) is 11.9. The third-order valence-electron chi connectivity index (χ3n) is 1.68. The monoisotopic (exact) mass is 213 g/mol. The fourth-order valence-electron chi connectivity index (χ4n) is 0.995. The van der Waals surface area contributed by atoms with Crippen LogP contribution in [-0.4, -0.2) is 12.5 Å². The topological polar surface area (TPSA) is 81.1 Å². The van der Waals surface area contributed by atoms with E-state index in [2.05, 4.69) is 5.32 Å². The first-order valence-electron chi connectivity index (χ1n) is 4.17. The van der Waals surface area contributed by atoms with Crippen molar-refractivity contribution in [2.24, 2.45) is 5.73 Å². The summed E-state index contributed by atoms with van der Waals surface area (Å²) in [4.78, 5) is 10.5. The highest BCUT2D eigenvalue weighted by atomic mass is 35.5. The van der Waals surface area contributed by atoms with Gasteiger partial charge in [-0.2, -0.15) is 0 Å². The number of nitrogens with two attached hydrogens (primary N) is 2. The van der Waals surface area contributed by atoms with Gasteiger partial charge in [0.05, 0.1) is 10.7 Å². The zero-order chi connectivity index (χ0) is 10.6. The molecular formula is C9H12ClN3O. The van der Waals surface area contributed by atoms with Crippen LogP contribution in [0, 0.1) is 0 Å².